The van der Waals surface area contributed by atoms with Gasteiger partial charge >= 0.3 is 10.4 Å². The molecule has 0 amide bonds. The van der Waals surface area contributed by atoms with Crippen LogP contribution in [0, 0.1) is 0 Å². The lowest BCUT2D eigenvalue weighted by Crippen LogP contribution is -2.26. The Balaban J connectivity index is -0.000000757. The smallest absolute Gasteiger partial charge is 0.394 e. The molecule has 0 unspecified atom stereocenters. The van der Waals surface area contributed by atoms with Crippen molar-refractivity contribution in [2.24, 2.45) is 0 Å². The molecule has 0 aliphatic heterocycles. The summed E-state index contributed by atoms with van der Waals surface area (Å²) < 4.78 is 31.6. The Bertz CT molecular complexity index is 639. The summed E-state index contributed by atoms with van der Waals surface area (Å²) in [5.74, 6) is 0. The Morgan fingerprint density at radius 2 is 0.571 bits per heavy atom. The average Bonchev–Trinajstić information content (AvgIpc) is 3.07. The van der Waals surface area contributed by atoms with Crippen molar-refractivity contribution in [3.05, 3.63) is 0 Å². The summed E-state index contributed by atoms with van der Waals surface area (Å²) in [4.78, 5) is 10.4. The van der Waals surface area contributed by atoms with E-state index in [0.29, 0.717) is 13.1 Å². The number of rotatable bonds is 36. The van der Waals surface area contributed by atoms with Crippen LogP contribution < -0.4 is 0 Å². The molecule has 0 aliphatic carbocycles. The summed E-state index contributed by atoms with van der Waals surface area (Å²) in [6.07, 6.45) is 38.8. The highest BCUT2D eigenvalue weighted by atomic mass is 32.3. The van der Waals surface area contributed by atoms with Gasteiger partial charge < -0.3 is 19.9 Å². The van der Waals surface area contributed by atoms with Gasteiger partial charge in [-0.15, -0.1) is 0 Å². The molecule has 0 atom stereocenters. The zero-order valence-electron chi connectivity index (χ0n) is 32.8. The number of hydrogen-bond donors (Lipinski definition) is 4. The Morgan fingerprint density at radius 3 is 0.735 bits per heavy atom. The van der Waals surface area contributed by atoms with Crippen molar-refractivity contribution in [1.82, 2.24) is 10.1 Å². The maximum Gasteiger partial charge on any atom is 0.394 e. The number of hydrogen-bond acceptors (Lipinski definition) is 8. The third-order valence-electron chi connectivity index (χ3n) is 8.74. The molecule has 0 aliphatic rings. The van der Waals surface area contributed by atoms with E-state index in [9.17, 15) is 0 Å². The fourth-order valence-corrected chi connectivity index (χ4v) is 5.78. The lowest BCUT2D eigenvalue weighted by Gasteiger charge is -2.17. The van der Waals surface area contributed by atoms with Gasteiger partial charge in [0.15, 0.2) is 0 Å². The van der Waals surface area contributed by atoms with Gasteiger partial charge in [-0.3, -0.25) is 9.11 Å². The minimum atomic E-state index is -4.67. The number of aliphatic hydroxyl groups is 2. The molecule has 0 spiro atoms. The van der Waals surface area contributed by atoms with Crippen molar-refractivity contribution < 1.29 is 37.4 Å². The predicted molar refractivity (Wildman–Crippen MR) is 206 cm³/mol. The number of unbranched alkanes of at least 4 members (excludes halogenated alkanes) is 26. The molecule has 0 heterocycles. The number of aliphatic hydroxyl groups excluding tert-OH is 2. The molecule has 300 valence electrons. The highest BCUT2D eigenvalue weighted by molar-refractivity contribution is 7.79. The van der Waals surface area contributed by atoms with Gasteiger partial charge in [0.2, 0.25) is 0 Å². The van der Waals surface area contributed by atoms with Crippen LogP contribution in [0.1, 0.15) is 194 Å². The molecule has 0 fully saturated rings. The van der Waals surface area contributed by atoms with Crippen LogP contribution in [0.15, 0.2) is 0 Å². The Morgan fingerprint density at radius 1 is 0.388 bits per heavy atom. The van der Waals surface area contributed by atoms with E-state index >= 15 is 0 Å². The Kier molecular flexibility index (Phi) is 49.4. The monoisotopic (exact) mass is 729 g/mol. The van der Waals surface area contributed by atoms with Crippen LogP contribution in [-0.2, 0) is 20.1 Å². The summed E-state index contributed by atoms with van der Waals surface area (Å²) in [7, 11) is -1.31. The van der Waals surface area contributed by atoms with Crippen molar-refractivity contribution in [2.75, 3.05) is 53.6 Å². The SMILES string of the molecule is CCCCCCCCCCCCCCCCN(CCO)OC.CCCCCCCCCCCCCCCCN(CCO)OC.O=S(=O)(O)O. The molecular formula is C38H84N2O8S. The van der Waals surface area contributed by atoms with Crippen LogP contribution in [0.4, 0.5) is 0 Å². The highest BCUT2D eigenvalue weighted by Gasteiger charge is 2.03. The van der Waals surface area contributed by atoms with Gasteiger partial charge in [-0.1, -0.05) is 181 Å². The molecule has 0 radical (unpaired) electrons. The standard InChI is InChI=1S/2C19H41NO2.H2O4S/c2*1-3-4-5-6-7-8-9-10-11-12-13-14-15-16-17-20(22-2)18-19-21;1-5(2,3)4/h2*21H,3-19H2,1-2H3;(H2,1,2,3,4). The second-order valence-electron chi connectivity index (χ2n) is 13.3. The van der Waals surface area contributed by atoms with Gasteiger partial charge in [0.1, 0.15) is 0 Å². The Labute approximate surface area is 304 Å². The van der Waals surface area contributed by atoms with E-state index in [1.165, 1.54) is 180 Å². The average molecular weight is 729 g/mol. The van der Waals surface area contributed by atoms with E-state index in [0.717, 1.165) is 13.1 Å². The second-order valence-corrected chi connectivity index (χ2v) is 14.2. The van der Waals surface area contributed by atoms with E-state index in [-0.39, 0.29) is 13.2 Å². The summed E-state index contributed by atoms with van der Waals surface area (Å²) in [6, 6.07) is 0. The van der Waals surface area contributed by atoms with Gasteiger partial charge in [0, 0.05) is 26.2 Å². The fraction of sp³-hybridized carbons (Fsp3) is 1.00. The minimum absolute atomic E-state index is 0.173. The third-order valence-corrected chi connectivity index (χ3v) is 8.74. The second kappa shape index (κ2) is 45.7. The van der Waals surface area contributed by atoms with Crippen molar-refractivity contribution in [3.63, 3.8) is 0 Å². The summed E-state index contributed by atoms with van der Waals surface area (Å²) in [6.45, 7) is 8.03. The molecular weight excluding hydrogens is 644 g/mol. The summed E-state index contributed by atoms with van der Waals surface area (Å²) >= 11 is 0. The molecule has 11 heteroatoms. The predicted octanol–water partition coefficient (Wildman–Crippen LogP) is 9.99. The molecule has 0 rings (SSSR count). The van der Waals surface area contributed by atoms with Gasteiger partial charge in [-0.05, 0) is 12.8 Å². The molecule has 49 heavy (non-hydrogen) atoms. The van der Waals surface area contributed by atoms with Crippen molar-refractivity contribution in [1.29, 1.82) is 0 Å². The number of nitrogens with zero attached hydrogens (tertiary/aromatic N) is 2. The highest BCUT2D eigenvalue weighted by Crippen LogP contribution is 2.14. The normalized spacial score (nSPS) is 11.5. The maximum absolute atomic E-state index is 8.86. The van der Waals surface area contributed by atoms with Crippen LogP contribution in [0.2, 0.25) is 0 Å². The molecule has 0 bridgehead atoms. The lowest BCUT2D eigenvalue weighted by molar-refractivity contribution is -0.137. The molecule has 10 nitrogen and oxygen atoms in total. The van der Waals surface area contributed by atoms with E-state index < -0.39 is 10.4 Å². The fourth-order valence-electron chi connectivity index (χ4n) is 5.78. The molecule has 0 saturated heterocycles. The van der Waals surface area contributed by atoms with E-state index in [4.69, 9.17) is 37.4 Å². The topological polar surface area (TPSA) is 140 Å². The minimum Gasteiger partial charge on any atom is -0.395 e. The first-order valence-corrected chi connectivity index (χ1v) is 21.6. The van der Waals surface area contributed by atoms with Crippen molar-refractivity contribution in [2.45, 2.75) is 194 Å². The van der Waals surface area contributed by atoms with E-state index in [1.54, 1.807) is 14.2 Å². The quantitative estimate of drug-likeness (QED) is 0.0280. The molecule has 0 aromatic heterocycles. The first kappa shape index (κ1) is 53.0. The van der Waals surface area contributed by atoms with Crippen molar-refractivity contribution >= 4 is 10.4 Å². The van der Waals surface area contributed by atoms with Crippen LogP contribution in [-0.4, -0.2) is 91.5 Å². The zero-order chi connectivity index (χ0) is 37.1. The largest absolute Gasteiger partial charge is 0.395 e. The maximum atomic E-state index is 8.86. The molecule has 0 aromatic carbocycles. The van der Waals surface area contributed by atoms with Gasteiger partial charge in [-0.2, -0.15) is 18.5 Å². The molecule has 0 saturated carbocycles. The van der Waals surface area contributed by atoms with Gasteiger partial charge in [0.05, 0.1) is 27.4 Å². The van der Waals surface area contributed by atoms with Crippen LogP contribution in [0.3, 0.4) is 0 Å². The molecule has 0 aromatic rings. The first-order valence-electron chi connectivity index (χ1n) is 20.2. The van der Waals surface area contributed by atoms with E-state index in [1.807, 2.05) is 10.1 Å². The molecule has 4 N–H and O–H groups in total. The van der Waals surface area contributed by atoms with Crippen LogP contribution in [0.25, 0.3) is 0 Å². The van der Waals surface area contributed by atoms with Gasteiger partial charge in [-0.25, -0.2) is 0 Å². The van der Waals surface area contributed by atoms with Crippen LogP contribution in [0.5, 0.6) is 0 Å². The van der Waals surface area contributed by atoms with Crippen LogP contribution >= 0.6 is 0 Å². The number of hydroxylamine groups is 4. The zero-order valence-corrected chi connectivity index (χ0v) is 33.6. The van der Waals surface area contributed by atoms with Crippen molar-refractivity contribution in [3.8, 4) is 0 Å². The van der Waals surface area contributed by atoms with E-state index in [2.05, 4.69) is 13.8 Å². The lowest BCUT2D eigenvalue weighted by atomic mass is 10.0. The first-order chi connectivity index (χ1) is 23.7. The summed E-state index contributed by atoms with van der Waals surface area (Å²) in [5, 5.41) is 21.4. The third kappa shape index (κ3) is 57.2. The Hall–Kier alpha value is -0.370. The summed E-state index contributed by atoms with van der Waals surface area (Å²) in [5.41, 5.74) is 0. The van der Waals surface area contributed by atoms with Gasteiger partial charge in [0.25, 0.3) is 0 Å².